The van der Waals surface area contributed by atoms with Crippen molar-refractivity contribution in [2.75, 3.05) is 11.6 Å². The lowest BCUT2D eigenvalue weighted by molar-refractivity contribution is 0.453. The summed E-state index contributed by atoms with van der Waals surface area (Å²) < 4.78 is 0. The van der Waals surface area contributed by atoms with Crippen LogP contribution in [0.4, 0.5) is 0 Å². The molecule has 0 fully saturated rings. The Kier molecular flexibility index (Phi) is 7.18. The quantitative estimate of drug-likeness (QED) is 0.492. The lowest BCUT2D eigenvalue weighted by atomic mass is 10.1. The van der Waals surface area contributed by atoms with E-state index in [9.17, 15) is 0 Å². The highest BCUT2D eigenvalue weighted by molar-refractivity contribution is 7.99. The van der Waals surface area contributed by atoms with E-state index in [-0.39, 0.29) is 0 Å². The van der Waals surface area contributed by atoms with Gasteiger partial charge in [0, 0.05) is 11.9 Å². The first kappa shape index (κ1) is 11.3. The lowest BCUT2D eigenvalue weighted by Gasteiger charge is -2.16. The molecular formula is C9H21NS. The zero-order chi connectivity index (χ0) is 8.69. The van der Waals surface area contributed by atoms with E-state index in [2.05, 4.69) is 33.0 Å². The Morgan fingerprint density at radius 1 is 1.27 bits per heavy atom. The maximum atomic E-state index is 3.48. The molecule has 0 amide bonds. The van der Waals surface area contributed by atoms with Crippen molar-refractivity contribution in [2.24, 2.45) is 5.92 Å². The van der Waals surface area contributed by atoms with Gasteiger partial charge in [-0.3, -0.25) is 0 Å². The molecule has 0 heterocycles. The van der Waals surface area contributed by atoms with Crippen molar-refractivity contribution in [3.05, 3.63) is 0 Å². The van der Waals surface area contributed by atoms with E-state index >= 15 is 0 Å². The molecule has 0 bridgehead atoms. The number of hydrogen-bond donors (Lipinski definition) is 1. The molecule has 2 heteroatoms. The highest BCUT2D eigenvalue weighted by Crippen LogP contribution is 2.03. The fraction of sp³-hybridized carbons (Fsp3) is 1.00. The summed E-state index contributed by atoms with van der Waals surface area (Å²) in [5.74, 6) is 3.13. The van der Waals surface area contributed by atoms with Crippen molar-refractivity contribution in [2.45, 2.75) is 40.2 Å². The van der Waals surface area contributed by atoms with Gasteiger partial charge in [-0.25, -0.2) is 0 Å². The third-order valence-electron chi connectivity index (χ3n) is 1.86. The molecule has 0 saturated heterocycles. The average molecular weight is 175 g/mol. The summed E-state index contributed by atoms with van der Waals surface area (Å²) >= 11 is 1.99. The monoisotopic (exact) mass is 175 g/mol. The summed E-state index contributed by atoms with van der Waals surface area (Å²) in [4.78, 5) is 0. The van der Waals surface area contributed by atoms with Crippen LogP contribution >= 0.6 is 11.8 Å². The first-order valence-corrected chi connectivity index (χ1v) is 5.65. The van der Waals surface area contributed by atoms with Crippen LogP contribution in [0.25, 0.3) is 0 Å². The first-order chi connectivity index (χ1) is 5.18. The normalized spacial score (nSPS) is 13.9. The molecule has 11 heavy (non-hydrogen) atoms. The Balaban J connectivity index is 3.10. The standard InChI is InChI=1S/C9H21NS/c1-5-6-11-7-10-9(4)8(2)3/h8-10H,5-7H2,1-4H3. The van der Waals surface area contributed by atoms with Crippen molar-refractivity contribution < 1.29 is 0 Å². The molecule has 0 radical (unpaired) electrons. The van der Waals surface area contributed by atoms with Gasteiger partial charge in [-0.1, -0.05) is 20.8 Å². The van der Waals surface area contributed by atoms with E-state index in [1.54, 1.807) is 0 Å². The smallest absolute Gasteiger partial charge is 0.0419 e. The zero-order valence-electron chi connectivity index (χ0n) is 8.18. The largest absolute Gasteiger partial charge is 0.305 e. The van der Waals surface area contributed by atoms with Crippen molar-refractivity contribution in [3.63, 3.8) is 0 Å². The van der Waals surface area contributed by atoms with Gasteiger partial charge in [0.1, 0.15) is 0 Å². The van der Waals surface area contributed by atoms with Gasteiger partial charge in [0.15, 0.2) is 0 Å². The fourth-order valence-corrected chi connectivity index (χ4v) is 1.46. The second-order valence-corrected chi connectivity index (χ2v) is 4.39. The van der Waals surface area contributed by atoms with Crippen LogP contribution in [0.2, 0.25) is 0 Å². The van der Waals surface area contributed by atoms with E-state index in [4.69, 9.17) is 0 Å². The van der Waals surface area contributed by atoms with Crippen LogP contribution in [0.15, 0.2) is 0 Å². The van der Waals surface area contributed by atoms with E-state index in [0.29, 0.717) is 6.04 Å². The Hall–Kier alpha value is 0.310. The fourth-order valence-electron chi connectivity index (χ4n) is 0.643. The number of thioether (sulfide) groups is 1. The van der Waals surface area contributed by atoms with Crippen molar-refractivity contribution in [1.82, 2.24) is 5.32 Å². The molecule has 0 saturated carbocycles. The number of nitrogens with one attached hydrogen (secondary N) is 1. The summed E-state index contributed by atoms with van der Waals surface area (Å²) in [6.45, 7) is 8.97. The number of hydrogen-bond acceptors (Lipinski definition) is 2. The predicted molar refractivity (Wildman–Crippen MR) is 55.1 cm³/mol. The van der Waals surface area contributed by atoms with Gasteiger partial charge in [-0.05, 0) is 25.0 Å². The second-order valence-electron chi connectivity index (χ2n) is 3.29. The van der Waals surface area contributed by atoms with Gasteiger partial charge in [0.05, 0.1) is 0 Å². The maximum Gasteiger partial charge on any atom is 0.0419 e. The van der Waals surface area contributed by atoms with Gasteiger partial charge < -0.3 is 5.32 Å². The van der Waals surface area contributed by atoms with Gasteiger partial charge in [0.2, 0.25) is 0 Å². The lowest BCUT2D eigenvalue weighted by Crippen LogP contribution is -2.30. The van der Waals surface area contributed by atoms with Gasteiger partial charge in [-0.15, -0.1) is 11.8 Å². The molecule has 1 unspecified atom stereocenters. The molecule has 0 spiro atoms. The van der Waals surface area contributed by atoms with E-state index in [1.807, 2.05) is 11.8 Å². The highest BCUT2D eigenvalue weighted by Gasteiger charge is 2.03. The van der Waals surface area contributed by atoms with Gasteiger partial charge in [-0.2, -0.15) is 0 Å². The minimum atomic E-state index is 0.652. The van der Waals surface area contributed by atoms with Crippen LogP contribution in [0, 0.1) is 5.92 Å². The molecule has 1 atom stereocenters. The topological polar surface area (TPSA) is 12.0 Å². The van der Waals surface area contributed by atoms with Crippen molar-refractivity contribution in [1.29, 1.82) is 0 Å². The first-order valence-electron chi connectivity index (χ1n) is 4.49. The SMILES string of the molecule is CCCSCNC(C)C(C)C. The third-order valence-corrected chi connectivity index (χ3v) is 2.92. The highest BCUT2D eigenvalue weighted by atomic mass is 32.2. The van der Waals surface area contributed by atoms with E-state index in [1.165, 1.54) is 12.2 Å². The van der Waals surface area contributed by atoms with E-state index in [0.717, 1.165) is 11.8 Å². The maximum absolute atomic E-state index is 3.48. The molecule has 0 aliphatic rings. The number of rotatable bonds is 6. The molecule has 0 aliphatic carbocycles. The van der Waals surface area contributed by atoms with Crippen molar-refractivity contribution >= 4 is 11.8 Å². The zero-order valence-corrected chi connectivity index (χ0v) is 9.00. The van der Waals surface area contributed by atoms with Gasteiger partial charge in [0.25, 0.3) is 0 Å². The molecule has 0 aromatic heterocycles. The summed E-state index contributed by atoms with van der Waals surface area (Å²) in [6, 6.07) is 0.652. The average Bonchev–Trinajstić information content (AvgIpc) is 1.97. The summed E-state index contributed by atoms with van der Waals surface area (Å²) in [5.41, 5.74) is 0. The van der Waals surface area contributed by atoms with Crippen LogP contribution < -0.4 is 5.32 Å². The Morgan fingerprint density at radius 3 is 2.36 bits per heavy atom. The van der Waals surface area contributed by atoms with Gasteiger partial charge >= 0.3 is 0 Å². The molecule has 1 N–H and O–H groups in total. The molecule has 1 nitrogen and oxygen atoms in total. The molecule has 0 aliphatic heterocycles. The minimum Gasteiger partial charge on any atom is -0.305 e. The molecular weight excluding hydrogens is 154 g/mol. The van der Waals surface area contributed by atoms with Crippen LogP contribution in [-0.2, 0) is 0 Å². The Morgan fingerprint density at radius 2 is 1.91 bits per heavy atom. The minimum absolute atomic E-state index is 0.652. The van der Waals surface area contributed by atoms with Crippen LogP contribution in [0.5, 0.6) is 0 Å². The second kappa shape index (κ2) is 6.99. The Bertz CT molecular complexity index is 83.6. The molecule has 0 aromatic rings. The van der Waals surface area contributed by atoms with E-state index < -0.39 is 0 Å². The molecule has 0 rings (SSSR count). The summed E-state index contributed by atoms with van der Waals surface area (Å²) in [5, 5.41) is 3.48. The molecule has 68 valence electrons. The Labute approximate surface area is 75.3 Å². The van der Waals surface area contributed by atoms with Crippen molar-refractivity contribution in [3.8, 4) is 0 Å². The summed E-state index contributed by atoms with van der Waals surface area (Å²) in [7, 11) is 0. The van der Waals surface area contributed by atoms with Crippen LogP contribution in [0.1, 0.15) is 34.1 Å². The summed E-state index contributed by atoms with van der Waals surface area (Å²) in [6.07, 6.45) is 1.28. The third kappa shape index (κ3) is 6.70. The molecule has 0 aromatic carbocycles. The van der Waals surface area contributed by atoms with Crippen LogP contribution in [0.3, 0.4) is 0 Å². The van der Waals surface area contributed by atoms with Crippen LogP contribution in [-0.4, -0.2) is 17.7 Å². The predicted octanol–water partition coefficient (Wildman–Crippen LogP) is 2.72.